The first-order valence-corrected chi connectivity index (χ1v) is 7.35. The molecule has 2 aromatic rings. The molecule has 0 amide bonds. The summed E-state index contributed by atoms with van der Waals surface area (Å²) in [6.45, 7) is 0. The quantitative estimate of drug-likeness (QED) is 0.435. The average Bonchev–Trinajstić information content (AvgIpc) is 2.54. The summed E-state index contributed by atoms with van der Waals surface area (Å²) in [5.74, 6) is 0.281. The number of methoxy groups -OCH3 is 1. The molecule has 0 aliphatic rings. The normalized spacial score (nSPS) is 11.4. The molecule has 0 unspecified atom stereocenters. The van der Waals surface area contributed by atoms with Crippen LogP contribution in [0.5, 0.6) is 11.5 Å². The van der Waals surface area contributed by atoms with Gasteiger partial charge in [0.25, 0.3) is 0 Å². The number of hydrogen-bond acceptors (Lipinski definition) is 4. The molecule has 0 aliphatic carbocycles. The van der Waals surface area contributed by atoms with Crippen molar-refractivity contribution in [3.8, 4) is 11.5 Å². The molecule has 3 N–H and O–H groups in total. The summed E-state index contributed by atoms with van der Waals surface area (Å²) in [5.41, 5.74) is 2.46. The smallest absolute Gasteiger partial charge is 0.416 e. The fraction of sp³-hybridized carbons (Fsp3) is 0.125. The minimum Gasteiger partial charge on any atom is -0.504 e. The van der Waals surface area contributed by atoms with Crippen molar-refractivity contribution in [1.82, 2.24) is 5.43 Å². The molecule has 0 spiro atoms. The number of nitrogens with one attached hydrogen (secondary N) is 2. The van der Waals surface area contributed by atoms with Gasteiger partial charge in [0.05, 0.1) is 18.9 Å². The number of halogens is 3. The molecule has 0 saturated heterocycles. The number of aromatic hydroxyl groups is 1. The third kappa shape index (κ3) is 5.35. The maximum absolute atomic E-state index is 12.7. The van der Waals surface area contributed by atoms with Crippen molar-refractivity contribution < 1.29 is 23.0 Å². The van der Waals surface area contributed by atoms with Crippen LogP contribution >= 0.6 is 12.2 Å². The zero-order chi connectivity index (χ0) is 18.4. The predicted molar refractivity (Wildman–Crippen MR) is 93.1 cm³/mol. The molecule has 0 radical (unpaired) electrons. The monoisotopic (exact) mass is 369 g/mol. The summed E-state index contributed by atoms with van der Waals surface area (Å²) in [5, 5.41) is 16.1. The lowest BCUT2D eigenvalue weighted by Gasteiger charge is -2.10. The molecule has 0 heterocycles. The zero-order valence-electron chi connectivity index (χ0n) is 13.0. The van der Waals surface area contributed by atoms with Crippen LogP contribution in [-0.2, 0) is 6.18 Å². The van der Waals surface area contributed by atoms with E-state index in [-0.39, 0.29) is 16.5 Å². The van der Waals surface area contributed by atoms with Gasteiger partial charge in [0.1, 0.15) is 0 Å². The van der Waals surface area contributed by atoms with Crippen LogP contribution in [-0.4, -0.2) is 23.5 Å². The van der Waals surface area contributed by atoms with Crippen molar-refractivity contribution in [2.75, 3.05) is 12.4 Å². The molecule has 2 rings (SSSR count). The predicted octanol–water partition coefficient (Wildman–Crippen LogP) is 3.74. The maximum Gasteiger partial charge on any atom is 0.416 e. The van der Waals surface area contributed by atoms with Gasteiger partial charge in [0, 0.05) is 5.69 Å². The van der Waals surface area contributed by atoms with E-state index in [2.05, 4.69) is 15.8 Å². The van der Waals surface area contributed by atoms with Gasteiger partial charge in [-0.15, -0.1) is 0 Å². The number of thiocarbonyl (C=S) groups is 1. The molecule has 0 bridgehead atoms. The Labute approximate surface area is 147 Å². The molecular weight excluding hydrogens is 355 g/mol. The van der Waals surface area contributed by atoms with Gasteiger partial charge in [-0.1, -0.05) is 6.07 Å². The number of nitrogens with zero attached hydrogens (tertiary/aromatic N) is 1. The number of phenols is 1. The Morgan fingerprint density at radius 3 is 2.64 bits per heavy atom. The van der Waals surface area contributed by atoms with Gasteiger partial charge in [-0.2, -0.15) is 18.3 Å². The summed E-state index contributed by atoms with van der Waals surface area (Å²) >= 11 is 4.97. The van der Waals surface area contributed by atoms with Crippen LogP contribution in [0, 0.1) is 0 Å². The summed E-state index contributed by atoms with van der Waals surface area (Å²) in [6, 6.07) is 9.30. The minimum atomic E-state index is -4.43. The SMILES string of the molecule is COc1ccc(/C=N\NC(=S)Nc2cccc(C(F)(F)F)c2)cc1O. The van der Waals surface area contributed by atoms with E-state index < -0.39 is 11.7 Å². The van der Waals surface area contributed by atoms with Crippen molar-refractivity contribution >= 4 is 29.2 Å². The minimum absolute atomic E-state index is 0.0216. The number of benzene rings is 2. The molecule has 0 atom stereocenters. The Bertz CT molecular complexity index is 794. The second-order valence-corrected chi connectivity index (χ2v) is 5.24. The second-order valence-electron chi connectivity index (χ2n) is 4.83. The molecular formula is C16H14F3N3O2S. The molecule has 0 fully saturated rings. The Kier molecular flexibility index (Phi) is 5.81. The highest BCUT2D eigenvalue weighted by atomic mass is 32.1. The van der Waals surface area contributed by atoms with Gasteiger partial charge in [0.15, 0.2) is 16.6 Å². The Morgan fingerprint density at radius 1 is 1.24 bits per heavy atom. The number of ether oxygens (including phenoxy) is 1. The number of rotatable bonds is 4. The highest BCUT2D eigenvalue weighted by molar-refractivity contribution is 7.80. The van der Waals surface area contributed by atoms with Gasteiger partial charge in [-0.3, -0.25) is 5.43 Å². The first kappa shape index (κ1) is 18.5. The third-order valence-corrected chi connectivity index (χ3v) is 3.22. The van der Waals surface area contributed by atoms with E-state index >= 15 is 0 Å². The lowest BCUT2D eigenvalue weighted by molar-refractivity contribution is -0.137. The molecule has 0 aliphatic heterocycles. The van der Waals surface area contributed by atoms with Gasteiger partial charge in [-0.25, -0.2) is 0 Å². The van der Waals surface area contributed by atoms with Crippen molar-refractivity contribution in [3.05, 3.63) is 53.6 Å². The van der Waals surface area contributed by atoms with Crippen molar-refractivity contribution in [2.45, 2.75) is 6.18 Å². The Morgan fingerprint density at radius 2 is 2.00 bits per heavy atom. The third-order valence-electron chi connectivity index (χ3n) is 3.03. The van der Waals surface area contributed by atoms with E-state index in [1.807, 2.05) is 0 Å². The fourth-order valence-electron chi connectivity index (χ4n) is 1.89. The summed E-state index contributed by atoms with van der Waals surface area (Å²) < 4.78 is 42.9. The van der Waals surface area contributed by atoms with Crippen molar-refractivity contribution in [1.29, 1.82) is 0 Å². The van der Waals surface area contributed by atoms with Gasteiger partial charge in [-0.05, 0) is 54.2 Å². The van der Waals surface area contributed by atoms with Gasteiger partial charge < -0.3 is 15.2 Å². The Balaban J connectivity index is 1.96. The van der Waals surface area contributed by atoms with Crippen LogP contribution in [0.2, 0.25) is 0 Å². The van der Waals surface area contributed by atoms with E-state index in [9.17, 15) is 18.3 Å². The maximum atomic E-state index is 12.7. The molecule has 2 aromatic carbocycles. The van der Waals surface area contributed by atoms with E-state index in [4.69, 9.17) is 17.0 Å². The van der Waals surface area contributed by atoms with E-state index in [1.165, 1.54) is 31.5 Å². The standard InChI is InChI=1S/C16H14F3N3O2S/c1-24-14-6-5-10(7-13(14)23)9-20-22-15(25)21-12-4-2-3-11(8-12)16(17,18)19/h2-9,23H,1H3,(H2,21,22,25)/b20-9-. The van der Waals surface area contributed by atoms with Crippen molar-refractivity contribution in [2.24, 2.45) is 5.10 Å². The summed E-state index contributed by atoms with van der Waals surface area (Å²) in [4.78, 5) is 0. The number of alkyl halides is 3. The number of anilines is 1. The lowest BCUT2D eigenvalue weighted by atomic mass is 10.2. The molecule has 25 heavy (non-hydrogen) atoms. The molecule has 5 nitrogen and oxygen atoms in total. The van der Waals surface area contributed by atoms with Crippen molar-refractivity contribution in [3.63, 3.8) is 0 Å². The van der Waals surface area contributed by atoms with E-state index in [0.29, 0.717) is 11.3 Å². The average molecular weight is 369 g/mol. The Hall–Kier alpha value is -2.81. The molecule has 0 aromatic heterocycles. The molecule has 132 valence electrons. The highest BCUT2D eigenvalue weighted by Crippen LogP contribution is 2.30. The first-order valence-electron chi connectivity index (χ1n) is 6.94. The number of hydrazone groups is 1. The van der Waals surface area contributed by atoms with Crippen LogP contribution in [0.25, 0.3) is 0 Å². The van der Waals surface area contributed by atoms with Crippen LogP contribution in [0.3, 0.4) is 0 Å². The van der Waals surface area contributed by atoms with Gasteiger partial charge in [0.2, 0.25) is 0 Å². The van der Waals surface area contributed by atoms with E-state index in [1.54, 1.807) is 12.1 Å². The molecule has 9 heteroatoms. The number of hydrogen-bond donors (Lipinski definition) is 3. The topological polar surface area (TPSA) is 65.9 Å². The molecule has 0 saturated carbocycles. The highest BCUT2D eigenvalue weighted by Gasteiger charge is 2.30. The lowest BCUT2D eigenvalue weighted by Crippen LogP contribution is -2.24. The summed E-state index contributed by atoms with van der Waals surface area (Å²) in [7, 11) is 1.43. The van der Waals surface area contributed by atoms with Crippen LogP contribution in [0.4, 0.5) is 18.9 Å². The van der Waals surface area contributed by atoms with Crippen LogP contribution in [0.1, 0.15) is 11.1 Å². The second kappa shape index (κ2) is 7.84. The largest absolute Gasteiger partial charge is 0.504 e. The summed E-state index contributed by atoms with van der Waals surface area (Å²) in [6.07, 6.45) is -3.04. The van der Waals surface area contributed by atoms with Crippen LogP contribution < -0.4 is 15.5 Å². The van der Waals surface area contributed by atoms with Crippen LogP contribution in [0.15, 0.2) is 47.6 Å². The van der Waals surface area contributed by atoms with E-state index in [0.717, 1.165) is 12.1 Å². The fourth-order valence-corrected chi connectivity index (χ4v) is 2.06. The number of phenolic OH excluding ortho intramolecular Hbond substituents is 1. The first-order chi connectivity index (χ1) is 11.8. The van der Waals surface area contributed by atoms with Gasteiger partial charge >= 0.3 is 6.18 Å². The zero-order valence-corrected chi connectivity index (χ0v) is 13.8.